The second-order valence-corrected chi connectivity index (χ2v) is 5.45. The molecular weight excluding hydrogens is 318 g/mol. The molecule has 23 heavy (non-hydrogen) atoms. The van der Waals surface area contributed by atoms with E-state index in [-0.39, 0.29) is 36.9 Å². The Balaban J connectivity index is 0.00000264. The number of nitrogens with two attached hydrogens (primary N) is 1. The lowest BCUT2D eigenvalue weighted by Gasteiger charge is -2.34. The van der Waals surface area contributed by atoms with Gasteiger partial charge in [0.1, 0.15) is 0 Å². The second-order valence-electron chi connectivity index (χ2n) is 5.45. The molecule has 0 saturated carbocycles. The van der Waals surface area contributed by atoms with Gasteiger partial charge in [0.25, 0.3) is 0 Å². The SMILES string of the molecule is COC(=O)CN1CCN(C(=O)CC(N)c2ccccc2)CC1.Cl. The van der Waals surface area contributed by atoms with Crippen LogP contribution in [0, 0.1) is 0 Å². The molecule has 1 unspecified atom stereocenters. The van der Waals surface area contributed by atoms with E-state index in [0.717, 1.165) is 5.56 Å². The quantitative estimate of drug-likeness (QED) is 0.802. The molecule has 0 bridgehead atoms. The number of halogens is 1. The number of nitrogens with zero attached hydrogens (tertiary/aromatic N) is 2. The third-order valence-corrected chi connectivity index (χ3v) is 3.93. The third-order valence-electron chi connectivity index (χ3n) is 3.93. The van der Waals surface area contributed by atoms with E-state index >= 15 is 0 Å². The summed E-state index contributed by atoms with van der Waals surface area (Å²) in [6, 6.07) is 9.37. The van der Waals surface area contributed by atoms with Gasteiger partial charge >= 0.3 is 5.97 Å². The summed E-state index contributed by atoms with van der Waals surface area (Å²) < 4.78 is 4.65. The molecule has 1 amide bonds. The largest absolute Gasteiger partial charge is 0.468 e. The van der Waals surface area contributed by atoms with Crippen molar-refractivity contribution in [3.05, 3.63) is 35.9 Å². The maximum Gasteiger partial charge on any atom is 0.319 e. The van der Waals surface area contributed by atoms with Gasteiger partial charge in [-0.15, -0.1) is 12.4 Å². The van der Waals surface area contributed by atoms with Crippen LogP contribution in [0.1, 0.15) is 18.0 Å². The predicted molar refractivity (Wildman–Crippen MR) is 90.3 cm³/mol. The molecule has 0 aromatic heterocycles. The average molecular weight is 342 g/mol. The first kappa shape index (κ1) is 19.4. The fourth-order valence-corrected chi connectivity index (χ4v) is 2.54. The molecule has 1 heterocycles. The molecule has 1 aliphatic heterocycles. The van der Waals surface area contributed by atoms with E-state index in [2.05, 4.69) is 4.74 Å². The molecule has 1 aliphatic rings. The molecule has 2 N–H and O–H groups in total. The van der Waals surface area contributed by atoms with Crippen LogP contribution in [-0.4, -0.2) is 61.5 Å². The molecule has 1 aromatic carbocycles. The van der Waals surface area contributed by atoms with Crippen molar-refractivity contribution in [2.45, 2.75) is 12.5 Å². The van der Waals surface area contributed by atoms with Gasteiger partial charge in [-0.2, -0.15) is 0 Å². The number of hydrogen-bond donors (Lipinski definition) is 1. The van der Waals surface area contributed by atoms with Crippen LogP contribution in [0.5, 0.6) is 0 Å². The normalized spacial score (nSPS) is 16.3. The highest BCUT2D eigenvalue weighted by Gasteiger charge is 2.24. The Hall–Kier alpha value is -1.63. The standard InChI is InChI=1S/C16H23N3O3.ClH/c1-22-16(21)12-18-7-9-19(10-8-18)15(20)11-14(17)13-5-3-2-4-6-13;/h2-6,14H,7-12,17H2,1H3;1H. The minimum absolute atomic E-state index is 0. The van der Waals surface area contributed by atoms with Gasteiger partial charge in [0.2, 0.25) is 5.91 Å². The van der Waals surface area contributed by atoms with Crippen molar-refractivity contribution in [1.29, 1.82) is 0 Å². The lowest BCUT2D eigenvalue weighted by Crippen LogP contribution is -2.50. The van der Waals surface area contributed by atoms with Gasteiger partial charge in [-0.1, -0.05) is 30.3 Å². The number of benzene rings is 1. The summed E-state index contributed by atoms with van der Waals surface area (Å²) in [6.45, 7) is 2.89. The zero-order valence-corrected chi connectivity index (χ0v) is 14.1. The molecule has 0 aliphatic carbocycles. The molecular formula is C16H24ClN3O3. The second kappa shape index (κ2) is 9.50. The molecule has 1 fully saturated rings. The summed E-state index contributed by atoms with van der Waals surface area (Å²) in [5.41, 5.74) is 7.07. The Kier molecular flexibility index (Phi) is 8.02. The van der Waals surface area contributed by atoms with Crippen molar-refractivity contribution in [2.24, 2.45) is 5.73 Å². The minimum atomic E-state index is -0.276. The first-order valence-corrected chi connectivity index (χ1v) is 7.47. The molecule has 2 rings (SSSR count). The number of carbonyl (C=O) groups excluding carboxylic acids is 2. The van der Waals surface area contributed by atoms with Gasteiger partial charge in [0.05, 0.1) is 13.7 Å². The fraction of sp³-hybridized carbons (Fsp3) is 0.500. The number of piperazine rings is 1. The number of carbonyl (C=O) groups is 2. The zero-order valence-electron chi connectivity index (χ0n) is 13.3. The summed E-state index contributed by atoms with van der Waals surface area (Å²) in [4.78, 5) is 27.3. The van der Waals surface area contributed by atoms with Crippen molar-refractivity contribution in [3.63, 3.8) is 0 Å². The number of amides is 1. The van der Waals surface area contributed by atoms with Crippen LogP contribution in [-0.2, 0) is 14.3 Å². The highest BCUT2D eigenvalue weighted by atomic mass is 35.5. The third kappa shape index (κ3) is 5.82. The van der Waals surface area contributed by atoms with E-state index in [4.69, 9.17) is 5.73 Å². The highest BCUT2D eigenvalue weighted by Crippen LogP contribution is 2.15. The van der Waals surface area contributed by atoms with Crippen molar-refractivity contribution < 1.29 is 14.3 Å². The molecule has 0 spiro atoms. The van der Waals surface area contributed by atoms with Crippen molar-refractivity contribution >= 4 is 24.3 Å². The molecule has 0 radical (unpaired) electrons. The van der Waals surface area contributed by atoms with E-state index < -0.39 is 0 Å². The van der Waals surface area contributed by atoms with Crippen LogP contribution >= 0.6 is 12.4 Å². The van der Waals surface area contributed by atoms with Crippen molar-refractivity contribution in [1.82, 2.24) is 9.80 Å². The maximum atomic E-state index is 12.3. The smallest absolute Gasteiger partial charge is 0.319 e. The number of hydrogen-bond acceptors (Lipinski definition) is 5. The van der Waals surface area contributed by atoms with Gasteiger partial charge in [-0.05, 0) is 5.56 Å². The summed E-state index contributed by atoms with van der Waals surface area (Å²) >= 11 is 0. The van der Waals surface area contributed by atoms with Crippen LogP contribution in [0.15, 0.2) is 30.3 Å². The van der Waals surface area contributed by atoms with Crippen LogP contribution in [0.25, 0.3) is 0 Å². The van der Waals surface area contributed by atoms with Gasteiger partial charge in [0, 0.05) is 38.6 Å². The molecule has 1 atom stereocenters. The Labute approximate surface area is 143 Å². The van der Waals surface area contributed by atoms with Gasteiger partial charge in [-0.3, -0.25) is 14.5 Å². The molecule has 1 saturated heterocycles. The van der Waals surface area contributed by atoms with E-state index in [1.807, 2.05) is 40.1 Å². The monoisotopic (exact) mass is 341 g/mol. The zero-order chi connectivity index (χ0) is 15.9. The van der Waals surface area contributed by atoms with Crippen LogP contribution in [0.4, 0.5) is 0 Å². The number of rotatable bonds is 5. The number of ether oxygens (including phenoxy) is 1. The molecule has 6 nitrogen and oxygen atoms in total. The van der Waals surface area contributed by atoms with E-state index in [0.29, 0.717) is 32.6 Å². The average Bonchev–Trinajstić information content (AvgIpc) is 2.56. The number of methoxy groups -OCH3 is 1. The first-order valence-electron chi connectivity index (χ1n) is 7.47. The van der Waals surface area contributed by atoms with E-state index in [1.54, 1.807) is 0 Å². The Morgan fingerprint density at radius 3 is 2.35 bits per heavy atom. The molecule has 1 aromatic rings. The van der Waals surface area contributed by atoms with E-state index in [1.165, 1.54) is 7.11 Å². The van der Waals surface area contributed by atoms with E-state index in [9.17, 15) is 9.59 Å². The highest BCUT2D eigenvalue weighted by molar-refractivity contribution is 5.85. The van der Waals surface area contributed by atoms with Crippen LogP contribution in [0.3, 0.4) is 0 Å². The lowest BCUT2D eigenvalue weighted by atomic mass is 10.0. The summed E-state index contributed by atoms with van der Waals surface area (Å²) in [6.07, 6.45) is 0.307. The van der Waals surface area contributed by atoms with Crippen LogP contribution < -0.4 is 5.73 Å². The maximum absolute atomic E-state index is 12.3. The Morgan fingerprint density at radius 2 is 1.78 bits per heavy atom. The van der Waals surface area contributed by atoms with Gasteiger partial charge in [-0.25, -0.2) is 0 Å². The number of esters is 1. The van der Waals surface area contributed by atoms with Crippen molar-refractivity contribution in [3.8, 4) is 0 Å². The fourth-order valence-electron chi connectivity index (χ4n) is 2.54. The van der Waals surface area contributed by atoms with Gasteiger partial charge < -0.3 is 15.4 Å². The van der Waals surface area contributed by atoms with Crippen molar-refractivity contribution in [2.75, 3.05) is 39.8 Å². The first-order chi connectivity index (χ1) is 10.6. The molecule has 7 heteroatoms. The summed E-state index contributed by atoms with van der Waals surface area (Å²) in [5.74, 6) is -0.181. The predicted octanol–water partition coefficient (Wildman–Crippen LogP) is 0.816. The lowest BCUT2D eigenvalue weighted by molar-refractivity contribution is -0.142. The topological polar surface area (TPSA) is 75.9 Å². The minimum Gasteiger partial charge on any atom is -0.468 e. The molecule has 128 valence electrons. The summed E-state index contributed by atoms with van der Waals surface area (Å²) in [7, 11) is 1.38. The Morgan fingerprint density at radius 1 is 1.17 bits per heavy atom. The Bertz CT molecular complexity index is 505. The summed E-state index contributed by atoms with van der Waals surface area (Å²) in [5, 5.41) is 0. The van der Waals surface area contributed by atoms with Gasteiger partial charge in [0.15, 0.2) is 0 Å². The van der Waals surface area contributed by atoms with Crippen LogP contribution in [0.2, 0.25) is 0 Å².